The molecule has 0 aromatic heterocycles. The fourth-order valence-electron chi connectivity index (χ4n) is 1.10. The molecule has 14 heavy (non-hydrogen) atoms. The molecule has 0 saturated heterocycles. The molecule has 0 aliphatic rings. The van der Waals surface area contributed by atoms with E-state index in [2.05, 4.69) is 4.99 Å². The summed E-state index contributed by atoms with van der Waals surface area (Å²) in [7, 11) is 0. The highest BCUT2D eigenvalue weighted by Gasteiger charge is 2.06. The van der Waals surface area contributed by atoms with Crippen molar-refractivity contribution < 1.29 is 4.79 Å². The molecule has 0 aliphatic carbocycles. The Morgan fingerprint density at radius 3 is 2.71 bits per heavy atom. The molecule has 1 unspecified atom stereocenters. The lowest BCUT2D eigenvalue weighted by Gasteiger charge is -2.08. The average Bonchev–Trinajstić information content (AvgIpc) is 2.18. The summed E-state index contributed by atoms with van der Waals surface area (Å²) in [5, 5.41) is 1.05. The van der Waals surface area contributed by atoms with Gasteiger partial charge in [-0.1, -0.05) is 36.2 Å². The SMILES string of the molecule is CC(CN=C=O)c1ccc(Cl)c(Cl)c1. The molecule has 0 N–H and O–H groups in total. The highest BCUT2D eigenvalue weighted by molar-refractivity contribution is 6.42. The fraction of sp³-hybridized carbons (Fsp3) is 0.300. The van der Waals surface area contributed by atoms with E-state index in [4.69, 9.17) is 23.2 Å². The van der Waals surface area contributed by atoms with Crippen molar-refractivity contribution in [1.82, 2.24) is 0 Å². The van der Waals surface area contributed by atoms with Crippen molar-refractivity contribution in [2.24, 2.45) is 4.99 Å². The van der Waals surface area contributed by atoms with E-state index in [0.717, 1.165) is 5.56 Å². The van der Waals surface area contributed by atoms with E-state index >= 15 is 0 Å². The van der Waals surface area contributed by atoms with E-state index < -0.39 is 0 Å². The van der Waals surface area contributed by atoms with Crippen LogP contribution in [0.2, 0.25) is 10.0 Å². The summed E-state index contributed by atoms with van der Waals surface area (Å²) in [6, 6.07) is 5.40. The third-order valence-electron chi connectivity index (χ3n) is 1.94. The van der Waals surface area contributed by atoms with Crippen LogP contribution in [0.4, 0.5) is 0 Å². The molecule has 1 aromatic carbocycles. The molecule has 4 heteroatoms. The molecule has 0 saturated carbocycles. The lowest BCUT2D eigenvalue weighted by Crippen LogP contribution is -1.97. The van der Waals surface area contributed by atoms with Crippen LogP contribution in [0.3, 0.4) is 0 Å². The maximum absolute atomic E-state index is 9.92. The first kappa shape index (κ1) is 11.3. The van der Waals surface area contributed by atoms with E-state index in [1.54, 1.807) is 12.1 Å². The van der Waals surface area contributed by atoms with E-state index in [-0.39, 0.29) is 5.92 Å². The van der Waals surface area contributed by atoms with Crippen LogP contribution in [0.1, 0.15) is 18.4 Å². The first-order chi connectivity index (χ1) is 6.65. The third-order valence-corrected chi connectivity index (χ3v) is 2.68. The maximum atomic E-state index is 9.92. The van der Waals surface area contributed by atoms with E-state index in [1.165, 1.54) is 6.08 Å². The van der Waals surface area contributed by atoms with E-state index in [0.29, 0.717) is 16.6 Å². The molecule has 74 valence electrons. The molecule has 2 nitrogen and oxygen atoms in total. The Labute approximate surface area is 92.6 Å². The van der Waals surface area contributed by atoms with Gasteiger partial charge in [-0.2, -0.15) is 0 Å². The topological polar surface area (TPSA) is 29.4 Å². The van der Waals surface area contributed by atoms with Gasteiger partial charge in [-0.05, 0) is 17.7 Å². The molecule has 0 spiro atoms. The summed E-state index contributed by atoms with van der Waals surface area (Å²) in [6.45, 7) is 2.38. The molecule has 0 radical (unpaired) electrons. The molecular formula is C10H9Cl2NO. The summed E-state index contributed by atoms with van der Waals surface area (Å²) in [4.78, 5) is 13.4. The first-order valence-electron chi connectivity index (χ1n) is 4.13. The lowest BCUT2D eigenvalue weighted by atomic mass is 10.0. The van der Waals surface area contributed by atoms with Crippen molar-refractivity contribution >= 4 is 29.3 Å². The van der Waals surface area contributed by atoms with Gasteiger partial charge in [0.15, 0.2) is 0 Å². The second kappa shape index (κ2) is 5.16. The summed E-state index contributed by atoms with van der Waals surface area (Å²) in [5.41, 5.74) is 1.01. The number of aliphatic imine (C=N–C) groups is 1. The van der Waals surface area contributed by atoms with Crippen molar-refractivity contribution in [3.63, 3.8) is 0 Å². The Morgan fingerprint density at radius 2 is 2.14 bits per heavy atom. The van der Waals surface area contributed by atoms with Gasteiger partial charge in [0, 0.05) is 5.92 Å². The minimum Gasteiger partial charge on any atom is -0.211 e. The smallest absolute Gasteiger partial charge is 0.211 e. The summed E-state index contributed by atoms with van der Waals surface area (Å²) < 4.78 is 0. The number of isocyanates is 1. The van der Waals surface area contributed by atoms with Crippen LogP contribution in [0.25, 0.3) is 0 Å². The molecule has 1 atom stereocenters. The van der Waals surface area contributed by atoms with Gasteiger partial charge in [0.05, 0.1) is 16.6 Å². The Bertz CT molecular complexity index is 372. The van der Waals surface area contributed by atoms with Gasteiger partial charge in [0.1, 0.15) is 0 Å². The number of hydrogen-bond acceptors (Lipinski definition) is 2. The monoisotopic (exact) mass is 229 g/mol. The number of halogens is 2. The van der Waals surface area contributed by atoms with Gasteiger partial charge >= 0.3 is 0 Å². The summed E-state index contributed by atoms with van der Waals surface area (Å²) in [5.74, 6) is 0.145. The van der Waals surface area contributed by atoms with Crippen molar-refractivity contribution in [2.75, 3.05) is 6.54 Å². The highest BCUT2D eigenvalue weighted by Crippen LogP contribution is 2.26. The quantitative estimate of drug-likeness (QED) is 0.577. The van der Waals surface area contributed by atoms with Crippen molar-refractivity contribution in [1.29, 1.82) is 0 Å². The van der Waals surface area contributed by atoms with Gasteiger partial charge in [0.25, 0.3) is 0 Å². The minimum atomic E-state index is 0.145. The Morgan fingerprint density at radius 1 is 1.43 bits per heavy atom. The van der Waals surface area contributed by atoms with Crippen LogP contribution in [0.5, 0.6) is 0 Å². The van der Waals surface area contributed by atoms with Crippen LogP contribution in [0, 0.1) is 0 Å². The van der Waals surface area contributed by atoms with Crippen LogP contribution < -0.4 is 0 Å². The predicted octanol–water partition coefficient (Wildman–Crippen LogP) is 3.43. The molecule has 0 aliphatic heterocycles. The third kappa shape index (κ3) is 2.85. The van der Waals surface area contributed by atoms with Crippen molar-refractivity contribution in [3.8, 4) is 0 Å². The first-order valence-corrected chi connectivity index (χ1v) is 4.89. The van der Waals surface area contributed by atoms with Gasteiger partial charge in [0.2, 0.25) is 6.08 Å². The predicted molar refractivity (Wildman–Crippen MR) is 57.9 cm³/mol. The zero-order valence-corrected chi connectivity index (χ0v) is 9.14. The number of carbonyl (C=O) groups excluding carboxylic acids is 1. The molecule has 0 fully saturated rings. The zero-order valence-electron chi connectivity index (χ0n) is 7.63. The van der Waals surface area contributed by atoms with Crippen molar-refractivity contribution in [2.45, 2.75) is 12.8 Å². The van der Waals surface area contributed by atoms with Gasteiger partial charge in [-0.15, -0.1) is 0 Å². The van der Waals surface area contributed by atoms with Gasteiger partial charge < -0.3 is 0 Å². The number of hydrogen-bond donors (Lipinski definition) is 0. The standard InChI is InChI=1S/C10H9Cl2NO/c1-7(5-13-6-14)8-2-3-9(11)10(12)4-8/h2-4,7H,5H2,1H3. The van der Waals surface area contributed by atoms with E-state index in [1.807, 2.05) is 13.0 Å². The lowest BCUT2D eigenvalue weighted by molar-refractivity contribution is 0.561. The molecule has 1 rings (SSSR count). The fourth-order valence-corrected chi connectivity index (χ4v) is 1.41. The maximum Gasteiger partial charge on any atom is 0.234 e. The highest BCUT2D eigenvalue weighted by atomic mass is 35.5. The molecular weight excluding hydrogens is 221 g/mol. The molecule has 0 bridgehead atoms. The summed E-state index contributed by atoms with van der Waals surface area (Å²) in [6.07, 6.45) is 1.51. The van der Waals surface area contributed by atoms with Crippen LogP contribution in [0.15, 0.2) is 23.2 Å². The molecule has 0 amide bonds. The minimum absolute atomic E-state index is 0.145. The van der Waals surface area contributed by atoms with Gasteiger partial charge in [-0.25, -0.2) is 9.79 Å². The number of benzene rings is 1. The largest absolute Gasteiger partial charge is 0.234 e. The van der Waals surface area contributed by atoms with Crippen LogP contribution >= 0.6 is 23.2 Å². The Kier molecular flexibility index (Phi) is 4.15. The molecule has 1 aromatic rings. The number of rotatable bonds is 3. The Hall–Kier alpha value is -0.820. The van der Waals surface area contributed by atoms with Crippen LogP contribution in [-0.4, -0.2) is 12.6 Å². The molecule has 0 heterocycles. The normalized spacial score (nSPS) is 11.9. The van der Waals surface area contributed by atoms with Crippen LogP contribution in [-0.2, 0) is 4.79 Å². The average molecular weight is 230 g/mol. The second-order valence-electron chi connectivity index (χ2n) is 3.01. The number of nitrogens with zero attached hydrogens (tertiary/aromatic N) is 1. The van der Waals surface area contributed by atoms with Gasteiger partial charge in [-0.3, -0.25) is 0 Å². The van der Waals surface area contributed by atoms with E-state index in [9.17, 15) is 4.79 Å². The zero-order chi connectivity index (χ0) is 10.6. The van der Waals surface area contributed by atoms with Crippen molar-refractivity contribution in [3.05, 3.63) is 33.8 Å². The Balaban J connectivity index is 2.85. The second-order valence-corrected chi connectivity index (χ2v) is 3.82. The summed E-state index contributed by atoms with van der Waals surface area (Å²) >= 11 is 11.6.